The van der Waals surface area contributed by atoms with Gasteiger partial charge in [-0.05, 0) is 31.2 Å². The van der Waals surface area contributed by atoms with Gasteiger partial charge in [0.2, 0.25) is 0 Å². The Hall–Kier alpha value is -1.29. The summed E-state index contributed by atoms with van der Waals surface area (Å²) in [6.07, 6.45) is 0.432. The maximum atomic E-state index is 13.4. The van der Waals surface area contributed by atoms with Gasteiger partial charge in [-0.1, -0.05) is 13.8 Å². The van der Waals surface area contributed by atoms with Gasteiger partial charge in [-0.15, -0.1) is 0 Å². The number of benzene rings is 1. The van der Waals surface area contributed by atoms with Gasteiger partial charge in [0.1, 0.15) is 11.6 Å². The van der Waals surface area contributed by atoms with Crippen molar-refractivity contribution in [2.75, 3.05) is 6.54 Å². The number of halogens is 2. The van der Waals surface area contributed by atoms with Crippen LogP contribution in [0.15, 0.2) is 18.2 Å². The lowest BCUT2D eigenvalue weighted by atomic mass is 9.81. The molecule has 1 rings (SSSR count). The molecule has 0 aliphatic rings. The van der Waals surface area contributed by atoms with E-state index in [1.54, 1.807) is 13.8 Å². The van der Waals surface area contributed by atoms with Crippen molar-refractivity contribution >= 4 is 5.78 Å². The third-order valence-corrected chi connectivity index (χ3v) is 2.56. The molecule has 0 aromatic heterocycles. The molecule has 0 saturated carbocycles. The second kappa shape index (κ2) is 4.70. The van der Waals surface area contributed by atoms with E-state index in [1.807, 2.05) is 0 Å². The smallest absolute Gasteiger partial charge is 0.171 e. The van der Waals surface area contributed by atoms with Crippen LogP contribution in [0.1, 0.15) is 30.6 Å². The fraction of sp³-hybridized carbons (Fsp3) is 0.417. The number of hydrogen-bond donors (Lipinski definition) is 1. The Morgan fingerprint density at radius 3 is 2.56 bits per heavy atom. The normalized spacial score (nSPS) is 11.6. The highest BCUT2D eigenvalue weighted by Crippen LogP contribution is 2.26. The number of hydrogen-bond acceptors (Lipinski definition) is 2. The van der Waals surface area contributed by atoms with Crippen molar-refractivity contribution in [1.29, 1.82) is 0 Å². The molecule has 0 heterocycles. The summed E-state index contributed by atoms with van der Waals surface area (Å²) in [5, 5.41) is 0. The maximum Gasteiger partial charge on any atom is 0.171 e. The number of nitrogens with two attached hydrogens (primary N) is 1. The van der Waals surface area contributed by atoms with E-state index >= 15 is 0 Å². The number of Topliss-reactive ketones (excluding diaryl/α,β-unsaturated/α-hetero) is 1. The van der Waals surface area contributed by atoms with E-state index in [2.05, 4.69) is 0 Å². The van der Waals surface area contributed by atoms with Crippen LogP contribution in [0.25, 0.3) is 0 Å². The van der Waals surface area contributed by atoms with Crippen molar-refractivity contribution in [3.05, 3.63) is 35.4 Å². The van der Waals surface area contributed by atoms with Crippen LogP contribution in [0.2, 0.25) is 0 Å². The van der Waals surface area contributed by atoms with E-state index in [4.69, 9.17) is 5.73 Å². The minimum Gasteiger partial charge on any atom is -0.330 e. The molecule has 0 aliphatic heterocycles. The first kappa shape index (κ1) is 12.8. The molecule has 0 aliphatic carbocycles. The second-order valence-electron chi connectivity index (χ2n) is 4.38. The lowest BCUT2D eigenvalue weighted by Gasteiger charge is -2.22. The molecule has 0 fully saturated rings. The Morgan fingerprint density at radius 2 is 2.00 bits per heavy atom. The van der Waals surface area contributed by atoms with Crippen LogP contribution in [-0.2, 0) is 0 Å². The van der Waals surface area contributed by atoms with Crippen molar-refractivity contribution in [2.24, 2.45) is 11.1 Å². The van der Waals surface area contributed by atoms with Crippen LogP contribution < -0.4 is 5.73 Å². The molecule has 0 spiro atoms. The van der Waals surface area contributed by atoms with Gasteiger partial charge in [-0.3, -0.25) is 4.79 Å². The van der Waals surface area contributed by atoms with Crippen molar-refractivity contribution < 1.29 is 13.6 Å². The summed E-state index contributed by atoms with van der Waals surface area (Å²) in [6, 6.07) is 2.87. The summed E-state index contributed by atoms with van der Waals surface area (Å²) in [5.74, 6) is -1.74. The predicted molar refractivity (Wildman–Crippen MR) is 58.1 cm³/mol. The first-order chi connectivity index (χ1) is 7.38. The van der Waals surface area contributed by atoms with Crippen LogP contribution >= 0.6 is 0 Å². The molecule has 2 nitrogen and oxygen atoms in total. The second-order valence-corrected chi connectivity index (χ2v) is 4.38. The molecule has 1 aromatic rings. The Bertz CT molecular complexity index is 402. The van der Waals surface area contributed by atoms with Gasteiger partial charge >= 0.3 is 0 Å². The summed E-state index contributed by atoms with van der Waals surface area (Å²) in [5.41, 5.74) is 4.39. The van der Waals surface area contributed by atoms with Gasteiger partial charge in [-0.25, -0.2) is 8.78 Å². The average Bonchev–Trinajstić information content (AvgIpc) is 2.20. The van der Waals surface area contributed by atoms with Gasteiger partial charge in [0, 0.05) is 5.41 Å². The lowest BCUT2D eigenvalue weighted by Crippen LogP contribution is -2.28. The van der Waals surface area contributed by atoms with Gasteiger partial charge < -0.3 is 5.73 Å². The SMILES string of the molecule is CC(C)(CCN)C(=O)c1cc(F)ccc1F. The van der Waals surface area contributed by atoms with E-state index in [9.17, 15) is 13.6 Å². The van der Waals surface area contributed by atoms with Gasteiger partial charge in [0.25, 0.3) is 0 Å². The molecule has 0 saturated heterocycles. The van der Waals surface area contributed by atoms with Crippen LogP contribution in [0.3, 0.4) is 0 Å². The molecule has 4 heteroatoms. The first-order valence-electron chi connectivity index (χ1n) is 5.08. The molecule has 2 N–H and O–H groups in total. The highest BCUT2D eigenvalue weighted by molar-refractivity contribution is 6.00. The number of ketones is 1. The summed E-state index contributed by atoms with van der Waals surface area (Å²) in [4.78, 5) is 12.0. The molecule has 0 radical (unpaired) electrons. The molecule has 0 bridgehead atoms. The minimum atomic E-state index is -0.774. The molecule has 1 aromatic carbocycles. The summed E-state index contributed by atoms with van der Waals surface area (Å²) in [7, 11) is 0. The summed E-state index contributed by atoms with van der Waals surface area (Å²) >= 11 is 0. The number of rotatable bonds is 4. The predicted octanol–water partition coefficient (Wildman–Crippen LogP) is 2.52. The first-order valence-corrected chi connectivity index (χ1v) is 5.08. The lowest BCUT2D eigenvalue weighted by molar-refractivity contribution is 0.0824. The average molecular weight is 227 g/mol. The summed E-state index contributed by atoms with van der Waals surface area (Å²) < 4.78 is 26.3. The zero-order valence-electron chi connectivity index (χ0n) is 9.39. The largest absolute Gasteiger partial charge is 0.330 e. The van der Waals surface area contributed by atoms with Crippen molar-refractivity contribution in [3.63, 3.8) is 0 Å². The Kier molecular flexibility index (Phi) is 3.75. The van der Waals surface area contributed by atoms with E-state index in [0.717, 1.165) is 18.2 Å². The van der Waals surface area contributed by atoms with E-state index in [1.165, 1.54) is 0 Å². The van der Waals surface area contributed by atoms with Crippen LogP contribution in [0, 0.1) is 17.0 Å². The van der Waals surface area contributed by atoms with E-state index in [0.29, 0.717) is 13.0 Å². The highest BCUT2D eigenvalue weighted by atomic mass is 19.1. The van der Waals surface area contributed by atoms with Crippen molar-refractivity contribution in [3.8, 4) is 0 Å². The fourth-order valence-electron chi connectivity index (χ4n) is 1.51. The molecule has 0 amide bonds. The van der Waals surface area contributed by atoms with Crippen molar-refractivity contribution in [2.45, 2.75) is 20.3 Å². The minimum absolute atomic E-state index is 0.210. The standard InChI is InChI=1S/C12H15F2NO/c1-12(2,5-6-15)11(16)9-7-8(13)3-4-10(9)14/h3-4,7H,5-6,15H2,1-2H3. The number of carbonyl (C=O) groups is 1. The maximum absolute atomic E-state index is 13.4. The molecule has 0 unspecified atom stereocenters. The summed E-state index contributed by atoms with van der Waals surface area (Å²) in [6.45, 7) is 3.68. The fourth-order valence-corrected chi connectivity index (χ4v) is 1.51. The monoisotopic (exact) mass is 227 g/mol. The Labute approximate surface area is 93.5 Å². The third kappa shape index (κ3) is 2.64. The molecule has 88 valence electrons. The van der Waals surface area contributed by atoms with Gasteiger partial charge in [-0.2, -0.15) is 0 Å². The molecule has 0 atom stereocenters. The van der Waals surface area contributed by atoms with E-state index < -0.39 is 22.8 Å². The van der Waals surface area contributed by atoms with Gasteiger partial charge in [0.05, 0.1) is 5.56 Å². The zero-order valence-corrected chi connectivity index (χ0v) is 9.39. The molecular formula is C12H15F2NO. The van der Waals surface area contributed by atoms with Crippen LogP contribution in [-0.4, -0.2) is 12.3 Å². The third-order valence-electron chi connectivity index (χ3n) is 2.56. The Balaban J connectivity index is 3.09. The molecule has 16 heavy (non-hydrogen) atoms. The number of carbonyl (C=O) groups excluding carboxylic acids is 1. The zero-order chi connectivity index (χ0) is 12.3. The topological polar surface area (TPSA) is 43.1 Å². The molecular weight excluding hydrogens is 212 g/mol. The highest BCUT2D eigenvalue weighted by Gasteiger charge is 2.29. The van der Waals surface area contributed by atoms with Crippen LogP contribution in [0.4, 0.5) is 8.78 Å². The Morgan fingerprint density at radius 1 is 1.38 bits per heavy atom. The van der Waals surface area contributed by atoms with Crippen LogP contribution in [0.5, 0.6) is 0 Å². The van der Waals surface area contributed by atoms with Gasteiger partial charge in [0.15, 0.2) is 5.78 Å². The van der Waals surface area contributed by atoms with E-state index in [-0.39, 0.29) is 5.56 Å². The quantitative estimate of drug-likeness (QED) is 0.803. The van der Waals surface area contributed by atoms with Crippen molar-refractivity contribution in [1.82, 2.24) is 0 Å².